The van der Waals surface area contributed by atoms with Crippen LogP contribution in [0, 0.1) is 12.8 Å². The third-order valence-electron chi connectivity index (χ3n) is 5.52. The van der Waals surface area contributed by atoms with E-state index in [-0.39, 0.29) is 18.6 Å². The average molecular weight is 431 g/mol. The molecule has 1 aliphatic carbocycles. The number of nitrogens with zero attached hydrogens (tertiary/aromatic N) is 1. The molecule has 1 fully saturated rings. The van der Waals surface area contributed by atoms with Gasteiger partial charge in [-0.05, 0) is 63.3 Å². The molecule has 0 aliphatic heterocycles. The van der Waals surface area contributed by atoms with Crippen LogP contribution in [0.2, 0.25) is 0 Å². The van der Waals surface area contributed by atoms with Crippen molar-refractivity contribution in [3.8, 4) is 17.1 Å². The van der Waals surface area contributed by atoms with Crippen molar-refractivity contribution in [3.63, 3.8) is 0 Å². The molecule has 1 amide bonds. The number of alkyl carbamates (subject to hydrolysis) is 1. The number of aryl methyl sites for hydroxylation is 1. The van der Waals surface area contributed by atoms with E-state index >= 15 is 0 Å². The summed E-state index contributed by atoms with van der Waals surface area (Å²) in [6, 6.07) is 7.42. The van der Waals surface area contributed by atoms with Gasteiger partial charge in [-0.15, -0.1) is 0 Å². The summed E-state index contributed by atoms with van der Waals surface area (Å²) < 4.78 is 16.6. The van der Waals surface area contributed by atoms with Crippen molar-refractivity contribution in [3.05, 3.63) is 35.5 Å². The Labute approximate surface area is 181 Å². The number of benzene rings is 1. The summed E-state index contributed by atoms with van der Waals surface area (Å²) in [5, 5.41) is 16.0. The molecule has 1 saturated carbocycles. The molecule has 1 aromatic carbocycles. The van der Waals surface area contributed by atoms with Gasteiger partial charge in [0, 0.05) is 11.1 Å². The molecule has 0 unspecified atom stereocenters. The molecule has 0 bridgehead atoms. The second-order valence-corrected chi connectivity index (χ2v) is 7.88. The van der Waals surface area contributed by atoms with Crippen LogP contribution < -0.4 is 10.1 Å². The lowest BCUT2D eigenvalue weighted by Crippen LogP contribution is -2.29. The summed E-state index contributed by atoms with van der Waals surface area (Å²) in [7, 11) is 0. The van der Waals surface area contributed by atoms with Gasteiger partial charge in [0.05, 0.1) is 30.9 Å². The van der Waals surface area contributed by atoms with E-state index < -0.39 is 12.1 Å². The Balaban J connectivity index is 1.61. The van der Waals surface area contributed by atoms with Gasteiger partial charge < -0.3 is 24.4 Å². The smallest absolute Gasteiger partial charge is 0.407 e. The number of aromatic nitrogens is 1. The first-order valence-corrected chi connectivity index (χ1v) is 10.8. The number of carbonyl (C=O) groups is 2. The van der Waals surface area contributed by atoms with Crippen LogP contribution in [-0.4, -0.2) is 35.0 Å². The van der Waals surface area contributed by atoms with Gasteiger partial charge in [-0.3, -0.25) is 4.79 Å². The Morgan fingerprint density at radius 1 is 1.26 bits per heavy atom. The fourth-order valence-electron chi connectivity index (χ4n) is 3.70. The number of ether oxygens (including phenoxy) is 2. The van der Waals surface area contributed by atoms with Gasteiger partial charge in [-0.1, -0.05) is 18.5 Å². The summed E-state index contributed by atoms with van der Waals surface area (Å²) in [4.78, 5) is 23.1. The molecule has 8 nitrogen and oxygen atoms in total. The number of rotatable bonds is 9. The fraction of sp³-hybridized carbons (Fsp3) is 0.522. The van der Waals surface area contributed by atoms with Crippen molar-refractivity contribution >= 4 is 12.1 Å². The molecule has 1 aliphatic rings. The normalized spacial score (nSPS) is 18.4. The molecule has 2 aromatic rings. The molecule has 31 heavy (non-hydrogen) atoms. The minimum atomic E-state index is -0.750. The first kappa shape index (κ1) is 22.7. The lowest BCUT2D eigenvalue weighted by molar-refractivity contribution is -0.143. The standard InChI is InChI=1S/C23H30N2O6/c1-3-4-12-29-23(28)24-14-20-15(2)25-31-21(20)16-8-10-18(11-9-16)30-19-7-5-6-17(13-19)22(26)27/h8-11,17,19H,3-7,12-14H2,1-2H3,(H,24,28)(H,26,27)/t17-,19-/m1/s1. The summed E-state index contributed by atoms with van der Waals surface area (Å²) in [6.45, 7) is 4.51. The van der Waals surface area contributed by atoms with E-state index in [1.165, 1.54) is 0 Å². The van der Waals surface area contributed by atoms with Crippen LogP contribution in [0.15, 0.2) is 28.8 Å². The van der Waals surface area contributed by atoms with E-state index in [1.54, 1.807) is 0 Å². The molecular formula is C23H30N2O6. The van der Waals surface area contributed by atoms with Gasteiger partial charge >= 0.3 is 12.1 Å². The van der Waals surface area contributed by atoms with E-state index in [0.717, 1.165) is 36.8 Å². The summed E-state index contributed by atoms with van der Waals surface area (Å²) >= 11 is 0. The Morgan fingerprint density at radius 3 is 2.74 bits per heavy atom. The monoisotopic (exact) mass is 430 g/mol. The van der Waals surface area contributed by atoms with E-state index in [4.69, 9.17) is 14.0 Å². The van der Waals surface area contributed by atoms with Crippen LogP contribution in [0.3, 0.4) is 0 Å². The highest BCUT2D eigenvalue weighted by Gasteiger charge is 2.28. The first-order valence-electron chi connectivity index (χ1n) is 10.8. The van der Waals surface area contributed by atoms with Gasteiger partial charge in [-0.2, -0.15) is 0 Å². The molecule has 1 aromatic heterocycles. The third-order valence-corrected chi connectivity index (χ3v) is 5.52. The molecule has 2 N–H and O–H groups in total. The molecule has 1 heterocycles. The highest BCUT2D eigenvalue weighted by molar-refractivity contribution is 5.70. The second-order valence-electron chi connectivity index (χ2n) is 7.88. The maximum Gasteiger partial charge on any atom is 0.407 e. The van der Waals surface area contributed by atoms with Crippen LogP contribution in [-0.2, 0) is 16.1 Å². The number of unbranched alkanes of at least 4 members (excludes halogenated alkanes) is 1. The average Bonchev–Trinajstić information content (AvgIpc) is 3.13. The molecule has 0 saturated heterocycles. The van der Waals surface area contributed by atoms with E-state index in [9.17, 15) is 14.7 Å². The minimum Gasteiger partial charge on any atom is -0.490 e. The van der Waals surface area contributed by atoms with Crippen LogP contribution in [0.5, 0.6) is 5.75 Å². The first-order chi connectivity index (χ1) is 15.0. The van der Waals surface area contributed by atoms with Crippen molar-refractivity contribution in [1.82, 2.24) is 10.5 Å². The zero-order valence-electron chi connectivity index (χ0n) is 18.1. The van der Waals surface area contributed by atoms with Crippen molar-refractivity contribution < 1.29 is 28.7 Å². The Morgan fingerprint density at radius 2 is 2.03 bits per heavy atom. The van der Waals surface area contributed by atoms with Gasteiger partial charge in [0.2, 0.25) is 0 Å². The Kier molecular flexibility index (Phi) is 7.92. The van der Waals surface area contributed by atoms with Gasteiger partial charge in [0.25, 0.3) is 0 Å². The largest absolute Gasteiger partial charge is 0.490 e. The number of nitrogens with one attached hydrogen (secondary N) is 1. The van der Waals surface area contributed by atoms with E-state index in [0.29, 0.717) is 36.7 Å². The zero-order chi connectivity index (χ0) is 22.2. The zero-order valence-corrected chi connectivity index (χ0v) is 18.1. The summed E-state index contributed by atoms with van der Waals surface area (Å²) in [6.07, 6.45) is 4.19. The summed E-state index contributed by atoms with van der Waals surface area (Å²) in [5.74, 6) is 0.190. The number of hydrogen-bond donors (Lipinski definition) is 2. The SMILES string of the molecule is CCCCOC(=O)NCc1c(C)noc1-c1ccc(O[C@@H]2CCC[C@@H](C(=O)O)C2)cc1. The third kappa shape index (κ3) is 6.23. The molecule has 168 valence electrons. The number of amides is 1. The highest BCUT2D eigenvalue weighted by atomic mass is 16.5. The van der Waals surface area contributed by atoms with Crippen molar-refractivity contribution in [2.75, 3.05) is 6.61 Å². The fourth-order valence-corrected chi connectivity index (χ4v) is 3.70. The number of carboxylic acid groups (broad SMARTS) is 1. The molecule has 2 atom stereocenters. The van der Waals surface area contributed by atoms with Crippen LogP contribution in [0.1, 0.15) is 56.7 Å². The quantitative estimate of drug-likeness (QED) is 0.555. The van der Waals surface area contributed by atoms with Gasteiger partial charge in [-0.25, -0.2) is 4.79 Å². The predicted molar refractivity (Wildman–Crippen MR) is 114 cm³/mol. The number of hydrogen-bond acceptors (Lipinski definition) is 6. The van der Waals surface area contributed by atoms with E-state index in [1.807, 2.05) is 38.1 Å². The Bertz CT molecular complexity index is 877. The maximum absolute atomic E-state index is 11.8. The summed E-state index contributed by atoms with van der Waals surface area (Å²) in [5.41, 5.74) is 2.31. The van der Waals surface area contributed by atoms with Crippen LogP contribution in [0.4, 0.5) is 4.79 Å². The van der Waals surface area contributed by atoms with Crippen molar-refractivity contribution in [1.29, 1.82) is 0 Å². The number of aliphatic carboxylic acids is 1. The van der Waals surface area contributed by atoms with Gasteiger partial charge in [0.1, 0.15) is 5.75 Å². The highest BCUT2D eigenvalue weighted by Crippen LogP contribution is 2.31. The van der Waals surface area contributed by atoms with Crippen molar-refractivity contribution in [2.45, 2.75) is 65.0 Å². The molecule has 3 rings (SSSR count). The minimum absolute atomic E-state index is 0.0910. The number of carboxylic acids is 1. The van der Waals surface area contributed by atoms with Gasteiger partial charge in [0.15, 0.2) is 5.76 Å². The lowest BCUT2D eigenvalue weighted by atomic mass is 9.87. The molecule has 0 spiro atoms. The number of carbonyl (C=O) groups excluding carboxylic acids is 1. The van der Waals surface area contributed by atoms with E-state index in [2.05, 4.69) is 10.5 Å². The van der Waals surface area contributed by atoms with Crippen LogP contribution >= 0.6 is 0 Å². The topological polar surface area (TPSA) is 111 Å². The Hall–Kier alpha value is -3.03. The van der Waals surface area contributed by atoms with Crippen LogP contribution in [0.25, 0.3) is 11.3 Å². The molecule has 0 radical (unpaired) electrons. The molecule has 8 heteroatoms. The predicted octanol–water partition coefficient (Wildman–Crippen LogP) is 4.70. The second kappa shape index (κ2) is 10.8. The molecular weight excluding hydrogens is 400 g/mol. The lowest BCUT2D eigenvalue weighted by Gasteiger charge is -2.27. The van der Waals surface area contributed by atoms with Crippen molar-refractivity contribution in [2.24, 2.45) is 5.92 Å². The maximum atomic E-state index is 11.8.